The van der Waals surface area contributed by atoms with Crippen molar-refractivity contribution in [2.45, 2.75) is 0 Å². The SMILES string of the molecule is COc1cc(C(=O)NCCS(=O)(=O)O)cc(OC)c1OC. The molecule has 8 nitrogen and oxygen atoms in total. The van der Waals surface area contributed by atoms with Crippen LogP contribution in [0.1, 0.15) is 10.4 Å². The maximum Gasteiger partial charge on any atom is 0.266 e. The zero-order valence-corrected chi connectivity index (χ0v) is 12.7. The van der Waals surface area contributed by atoms with E-state index >= 15 is 0 Å². The summed E-state index contributed by atoms with van der Waals surface area (Å²) in [7, 11) is 0.142. The van der Waals surface area contributed by atoms with Gasteiger partial charge in [0, 0.05) is 12.1 Å². The van der Waals surface area contributed by atoms with Crippen LogP contribution >= 0.6 is 0 Å². The molecule has 0 aromatic heterocycles. The molecule has 118 valence electrons. The largest absolute Gasteiger partial charge is 0.493 e. The van der Waals surface area contributed by atoms with Crippen LogP contribution < -0.4 is 19.5 Å². The fourth-order valence-electron chi connectivity index (χ4n) is 1.61. The second-order valence-electron chi connectivity index (χ2n) is 3.96. The maximum atomic E-state index is 11.9. The topological polar surface area (TPSA) is 111 Å². The van der Waals surface area contributed by atoms with Gasteiger partial charge in [-0.2, -0.15) is 8.42 Å². The molecule has 0 aliphatic heterocycles. The van der Waals surface area contributed by atoms with E-state index in [0.29, 0.717) is 17.2 Å². The highest BCUT2D eigenvalue weighted by Gasteiger charge is 2.17. The summed E-state index contributed by atoms with van der Waals surface area (Å²) in [6.07, 6.45) is 0. The molecule has 0 saturated heterocycles. The monoisotopic (exact) mass is 319 g/mol. The van der Waals surface area contributed by atoms with E-state index < -0.39 is 21.8 Å². The number of benzene rings is 1. The van der Waals surface area contributed by atoms with Crippen LogP contribution in [0.2, 0.25) is 0 Å². The summed E-state index contributed by atoms with van der Waals surface area (Å²) in [5, 5.41) is 2.37. The lowest BCUT2D eigenvalue weighted by Gasteiger charge is -2.14. The van der Waals surface area contributed by atoms with Crippen molar-refractivity contribution in [2.75, 3.05) is 33.6 Å². The molecule has 0 unspecified atom stereocenters. The molecule has 0 atom stereocenters. The number of carbonyl (C=O) groups is 1. The molecule has 0 heterocycles. The van der Waals surface area contributed by atoms with E-state index in [2.05, 4.69) is 5.32 Å². The predicted octanol–water partition coefficient (Wildman–Crippen LogP) is 0.330. The van der Waals surface area contributed by atoms with Crippen LogP contribution in [0.4, 0.5) is 0 Å². The van der Waals surface area contributed by atoms with Crippen LogP contribution in [0.3, 0.4) is 0 Å². The summed E-state index contributed by atoms with van der Waals surface area (Å²) in [5.74, 6) is -0.149. The zero-order chi connectivity index (χ0) is 16.0. The number of ether oxygens (including phenoxy) is 3. The molecule has 0 spiro atoms. The lowest BCUT2D eigenvalue weighted by molar-refractivity contribution is 0.0955. The van der Waals surface area contributed by atoms with Crippen molar-refractivity contribution in [1.82, 2.24) is 5.32 Å². The maximum absolute atomic E-state index is 11.9. The standard InChI is InChI=1S/C12H17NO7S/c1-18-9-6-8(7-10(19-2)11(9)20-3)12(14)13-4-5-21(15,16)17/h6-7H,4-5H2,1-3H3,(H,13,14)(H,15,16,17). The number of amides is 1. The van der Waals surface area contributed by atoms with E-state index in [1.54, 1.807) is 0 Å². The van der Waals surface area contributed by atoms with Crippen LogP contribution in [0, 0.1) is 0 Å². The van der Waals surface area contributed by atoms with Gasteiger partial charge in [-0.3, -0.25) is 9.35 Å². The van der Waals surface area contributed by atoms with Gasteiger partial charge in [0.15, 0.2) is 11.5 Å². The minimum Gasteiger partial charge on any atom is -0.493 e. The lowest BCUT2D eigenvalue weighted by atomic mass is 10.1. The van der Waals surface area contributed by atoms with Crippen molar-refractivity contribution in [1.29, 1.82) is 0 Å². The minimum absolute atomic E-state index is 0.208. The van der Waals surface area contributed by atoms with Crippen LogP contribution in [0.25, 0.3) is 0 Å². The summed E-state index contributed by atoms with van der Waals surface area (Å²) in [6.45, 7) is -0.214. The molecule has 0 aliphatic rings. The summed E-state index contributed by atoms with van der Waals surface area (Å²) >= 11 is 0. The Bertz CT molecular complexity index is 587. The van der Waals surface area contributed by atoms with Gasteiger partial charge >= 0.3 is 0 Å². The molecule has 1 aromatic rings. The van der Waals surface area contributed by atoms with E-state index in [9.17, 15) is 13.2 Å². The van der Waals surface area contributed by atoms with Gasteiger partial charge < -0.3 is 19.5 Å². The van der Waals surface area contributed by atoms with Gasteiger partial charge in [-0.1, -0.05) is 0 Å². The lowest BCUT2D eigenvalue weighted by Crippen LogP contribution is -2.29. The van der Waals surface area contributed by atoms with Crippen molar-refractivity contribution >= 4 is 16.0 Å². The van der Waals surface area contributed by atoms with Gasteiger partial charge in [-0.25, -0.2) is 0 Å². The summed E-state index contributed by atoms with van der Waals surface area (Å²) in [4.78, 5) is 11.9. The van der Waals surface area contributed by atoms with Crippen molar-refractivity contribution in [3.05, 3.63) is 17.7 Å². The Morgan fingerprint density at radius 2 is 1.67 bits per heavy atom. The van der Waals surface area contributed by atoms with Gasteiger partial charge in [-0.15, -0.1) is 0 Å². The second kappa shape index (κ2) is 7.14. The molecule has 9 heteroatoms. The van der Waals surface area contributed by atoms with Crippen molar-refractivity contribution in [3.8, 4) is 17.2 Å². The average molecular weight is 319 g/mol. The Balaban J connectivity index is 2.94. The van der Waals surface area contributed by atoms with Crippen molar-refractivity contribution < 1.29 is 32.0 Å². The summed E-state index contributed by atoms with van der Waals surface area (Å²) in [6, 6.07) is 2.87. The van der Waals surface area contributed by atoms with E-state index in [-0.39, 0.29) is 12.1 Å². The fraction of sp³-hybridized carbons (Fsp3) is 0.417. The number of nitrogens with one attached hydrogen (secondary N) is 1. The third-order valence-corrected chi connectivity index (χ3v) is 3.29. The first-order valence-corrected chi connectivity index (χ1v) is 7.46. The second-order valence-corrected chi connectivity index (χ2v) is 5.53. The molecule has 2 N–H and O–H groups in total. The fourth-order valence-corrected chi connectivity index (χ4v) is 1.97. The molecule has 1 rings (SSSR count). The van der Waals surface area contributed by atoms with Crippen molar-refractivity contribution in [3.63, 3.8) is 0 Å². The van der Waals surface area contributed by atoms with Gasteiger partial charge in [0.1, 0.15) is 0 Å². The molecule has 0 saturated carbocycles. The highest BCUT2D eigenvalue weighted by Crippen LogP contribution is 2.38. The normalized spacial score (nSPS) is 10.9. The van der Waals surface area contributed by atoms with Gasteiger partial charge in [-0.05, 0) is 12.1 Å². The van der Waals surface area contributed by atoms with Crippen LogP contribution in [0.15, 0.2) is 12.1 Å². The van der Waals surface area contributed by atoms with E-state index in [1.165, 1.54) is 33.5 Å². The quantitative estimate of drug-likeness (QED) is 0.697. The molecule has 0 aliphatic carbocycles. The molecule has 1 aromatic carbocycles. The third-order valence-electron chi connectivity index (χ3n) is 2.57. The molecule has 0 radical (unpaired) electrons. The number of hydrogen-bond donors (Lipinski definition) is 2. The molecule has 0 fully saturated rings. The predicted molar refractivity (Wildman–Crippen MR) is 74.8 cm³/mol. The van der Waals surface area contributed by atoms with Crippen molar-refractivity contribution in [2.24, 2.45) is 0 Å². The number of rotatable bonds is 7. The Morgan fingerprint density at radius 1 is 1.14 bits per heavy atom. The molecule has 1 amide bonds. The highest BCUT2D eigenvalue weighted by atomic mass is 32.2. The van der Waals surface area contributed by atoms with E-state index in [0.717, 1.165) is 0 Å². The Kier molecular flexibility index (Phi) is 5.79. The molecular weight excluding hydrogens is 302 g/mol. The number of hydrogen-bond acceptors (Lipinski definition) is 6. The first-order valence-electron chi connectivity index (χ1n) is 5.85. The Labute approximate surface area is 122 Å². The van der Waals surface area contributed by atoms with Crippen LogP contribution in [-0.4, -0.2) is 52.5 Å². The van der Waals surface area contributed by atoms with Gasteiger partial charge in [0.2, 0.25) is 5.75 Å². The van der Waals surface area contributed by atoms with Crippen LogP contribution in [0.5, 0.6) is 17.2 Å². The van der Waals surface area contributed by atoms with Gasteiger partial charge in [0.05, 0.1) is 27.1 Å². The average Bonchev–Trinajstić information content (AvgIpc) is 2.43. The van der Waals surface area contributed by atoms with Gasteiger partial charge in [0.25, 0.3) is 16.0 Å². The molecular formula is C12H17NO7S. The molecule has 21 heavy (non-hydrogen) atoms. The number of methoxy groups -OCH3 is 3. The number of carbonyl (C=O) groups excluding carboxylic acids is 1. The Hall–Kier alpha value is -2.00. The van der Waals surface area contributed by atoms with E-state index in [4.69, 9.17) is 18.8 Å². The minimum atomic E-state index is -4.12. The Morgan fingerprint density at radius 3 is 2.05 bits per heavy atom. The summed E-state index contributed by atoms with van der Waals surface area (Å²) < 4.78 is 45.1. The van der Waals surface area contributed by atoms with E-state index in [1.807, 2.05) is 0 Å². The highest BCUT2D eigenvalue weighted by molar-refractivity contribution is 7.85. The van der Waals surface area contributed by atoms with Crippen LogP contribution in [-0.2, 0) is 10.1 Å². The smallest absolute Gasteiger partial charge is 0.266 e. The zero-order valence-electron chi connectivity index (χ0n) is 11.9. The molecule has 0 bridgehead atoms. The first-order chi connectivity index (χ1) is 9.82. The third kappa shape index (κ3) is 4.80. The first kappa shape index (κ1) is 17.1. The summed E-state index contributed by atoms with van der Waals surface area (Å²) in [5.41, 5.74) is 0.208.